The van der Waals surface area contributed by atoms with E-state index in [1.807, 2.05) is 0 Å². The van der Waals surface area contributed by atoms with Gasteiger partial charge in [0.15, 0.2) is 5.78 Å². The van der Waals surface area contributed by atoms with Gasteiger partial charge in [-0.3, -0.25) is 4.79 Å². The number of Topliss-reactive ketones (excluding diaryl/α,β-unsaturated/α-hetero) is 1. The minimum Gasteiger partial charge on any atom is -0.370 e. The number of carbonyl (C=O) groups excluding carboxylic acids is 1. The van der Waals surface area contributed by atoms with Gasteiger partial charge >= 0.3 is 0 Å². The molecule has 1 heterocycles. The van der Waals surface area contributed by atoms with Crippen LogP contribution >= 0.6 is 0 Å². The molecule has 0 N–H and O–H groups in total. The van der Waals surface area contributed by atoms with Gasteiger partial charge in [0, 0.05) is 5.41 Å². The Balaban J connectivity index is 2.19. The van der Waals surface area contributed by atoms with E-state index in [1.54, 1.807) is 0 Å². The summed E-state index contributed by atoms with van der Waals surface area (Å²) in [5.41, 5.74) is -0.0462. The number of ether oxygens (including phenoxy) is 1. The van der Waals surface area contributed by atoms with Crippen molar-refractivity contribution in [3.05, 3.63) is 0 Å². The molecule has 2 heteroatoms. The zero-order chi connectivity index (χ0) is 8.77. The van der Waals surface area contributed by atoms with Crippen LogP contribution < -0.4 is 0 Å². The van der Waals surface area contributed by atoms with Crippen LogP contribution in [0, 0.1) is 11.3 Å². The van der Waals surface area contributed by atoms with E-state index in [2.05, 4.69) is 13.8 Å². The van der Waals surface area contributed by atoms with Gasteiger partial charge in [-0.1, -0.05) is 13.8 Å². The molecule has 0 spiro atoms. The molecule has 0 aromatic rings. The topological polar surface area (TPSA) is 26.3 Å². The third-order valence-corrected chi connectivity index (χ3v) is 3.54. The van der Waals surface area contributed by atoms with E-state index in [9.17, 15) is 4.79 Å². The molecule has 1 saturated heterocycles. The van der Waals surface area contributed by atoms with Crippen LogP contribution in [-0.4, -0.2) is 18.5 Å². The fraction of sp³-hybridized carbons (Fsp3) is 0.900. The van der Waals surface area contributed by atoms with Gasteiger partial charge < -0.3 is 4.74 Å². The summed E-state index contributed by atoms with van der Waals surface area (Å²) in [7, 11) is 0. The highest BCUT2D eigenvalue weighted by Gasteiger charge is 2.45. The first kappa shape index (κ1) is 8.24. The fourth-order valence-corrected chi connectivity index (χ4v) is 2.31. The minimum absolute atomic E-state index is 0.0462. The highest BCUT2D eigenvalue weighted by Crippen LogP contribution is 2.43. The van der Waals surface area contributed by atoms with Crippen molar-refractivity contribution in [1.29, 1.82) is 0 Å². The molecule has 2 bridgehead atoms. The standard InChI is InChI=1S/C10H16O2/c1-7-3-4-10(2)5-8(7)12-6-9(10)11/h7-8H,3-6H2,1-2H3/t7-,8?,10-/m1/s1. The van der Waals surface area contributed by atoms with Crippen molar-refractivity contribution in [3.8, 4) is 0 Å². The third kappa shape index (κ3) is 1.09. The number of hydrogen-bond donors (Lipinski definition) is 0. The highest BCUT2D eigenvalue weighted by atomic mass is 16.5. The predicted molar refractivity (Wildman–Crippen MR) is 45.9 cm³/mol. The molecule has 2 aliphatic rings. The first-order valence-electron chi connectivity index (χ1n) is 4.77. The number of ketones is 1. The normalized spacial score (nSPS) is 47.7. The van der Waals surface area contributed by atoms with Gasteiger partial charge in [-0.25, -0.2) is 0 Å². The molecule has 0 radical (unpaired) electrons. The summed E-state index contributed by atoms with van der Waals surface area (Å²) in [6.07, 6.45) is 3.51. The van der Waals surface area contributed by atoms with Crippen LogP contribution in [0.15, 0.2) is 0 Å². The SMILES string of the molecule is C[C@@H]1CC[C@]2(C)CC1OCC2=O. The summed E-state index contributed by atoms with van der Waals surface area (Å²) < 4.78 is 5.49. The lowest BCUT2D eigenvalue weighted by atomic mass is 9.67. The molecule has 2 fully saturated rings. The molecular weight excluding hydrogens is 152 g/mol. The molecular formula is C10H16O2. The molecule has 2 rings (SSSR count). The maximum atomic E-state index is 11.5. The van der Waals surface area contributed by atoms with Crippen LogP contribution in [0.2, 0.25) is 0 Å². The summed E-state index contributed by atoms with van der Waals surface area (Å²) in [4.78, 5) is 11.5. The zero-order valence-corrected chi connectivity index (χ0v) is 7.80. The van der Waals surface area contributed by atoms with Crippen LogP contribution in [0.3, 0.4) is 0 Å². The molecule has 0 aromatic carbocycles. The predicted octanol–water partition coefficient (Wildman–Crippen LogP) is 1.78. The number of hydrogen-bond acceptors (Lipinski definition) is 2. The first-order chi connectivity index (χ1) is 5.62. The summed E-state index contributed by atoms with van der Waals surface area (Å²) >= 11 is 0. The molecule has 0 aromatic heterocycles. The monoisotopic (exact) mass is 168 g/mol. The van der Waals surface area contributed by atoms with Crippen molar-refractivity contribution >= 4 is 5.78 Å². The summed E-state index contributed by atoms with van der Waals surface area (Å²) in [5, 5.41) is 0. The van der Waals surface area contributed by atoms with Crippen LogP contribution in [0.1, 0.15) is 33.1 Å². The molecule has 2 nitrogen and oxygen atoms in total. The number of rotatable bonds is 0. The third-order valence-electron chi connectivity index (χ3n) is 3.54. The van der Waals surface area contributed by atoms with Crippen molar-refractivity contribution < 1.29 is 9.53 Å². The highest BCUT2D eigenvalue weighted by molar-refractivity contribution is 5.86. The Morgan fingerprint density at radius 3 is 3.08 bits per heavy atom. The second-order valence-corrected chi connectivity index (χ2v) is 4.55. The van der Waals surface area contributed by atoms with Gasteiger partial charge in [0.25, 0.3) is 0 Å². The Kier molecular flexibility index (Phi) is 1.76. The van der Waals surface area contributed by atoms with Crippen LogP contribution in [-0.2, 0) is 9.53 Å². The average Bonchev–Trinajstić information content (AvgIpc) is 2.05. The Morgan fingerprint density at radius 2 is 2.33 bits per heavy atom. The number of carbonyl (C=O) groups is 1. The van der Waals surface area contributed by atoms with E-state index in [1.165, 1.54) is 0 Å². The van der Waals surface area contributed by atoms with Crippen molar-refractivity contribution in [1.82, 2.24) is 0 Å². The molecule has 68 valence electrons. The maximum absolute atomic E-state index is 11.5. The van der Waals surface area contributed by atoms with Gasteiger partial charge in [-0.2, -0.15) is 0 Å². The lowest BCUT2D eigenvalue weighted by molar-refractivity contribution is -0.156. The lowest BCUT2D eigenvalue weighted by Gasteiger charge is -2.44. The minimum atomic E-state index is -0.0462. The van der Waals surface area contributed by atoms with Crippen LogP contribution in [0.25, 0.3) is 0 Å². The fourth-order valence-electron chi connectivity index (χ4n) is 2.31. The summed E-state index contributed by atoms with van der Waals surface area (Å²) in [5.74, 6) is 0.955. The van der Waals surface area contributed by atoms with Crippen molar-refractivity contribution in [2.75, 3.05) is 6.61 Å². The Morgan fingerprint density at radius 1 is 1.58 bits per heavy atom. The van der Waals surface area contributed by atoms with E-state index in [0.717, 1.165) is 19.3 Å². The van der Waals surface area contributed by atoms with E-state index in [0.29, 0.717) is 24.4 Å². The van der Waals surface area contributed by atoms with Crippen LogP contribution in [0.5, 0.6) is 0 Å². The molecule has 1 aliphatic carbocycles. The van der Waals surface area contributed by atoms with Crippen molar-refractivity contribution in [2.24, 2.45) is 11.3 Å². The maximum Gasteiger partial charge on any atom is 0.164 e. The Hall–Kier alpha value is -0.370. The molecule has 12 heavy (non-hydrogen) atoms. The zero-order valence-electron chi connectivity index (χ0n) is 7.80. The molecule has 1 saturated carbocycles. The van der Waals surface area contributed by atoms with E-state index in [-0.39, 0.29) is 5.41 Å². The first-order valence-corrected chi connectivity index (χ1v) is 4.77. The van der Waals surface area contributed by atoms with Gasteiger partial charge in [-0.05, 0) is 25.2 Å². The van der Waals surface area contributed by atoms with Gasteiger partial charge in [0.05, 0.1) is 6.10 Å². The van der Waals surface area contributed by atoms with Gasteiger partial charge in [-0.15, -0.1) is 0 Å². The molecule has 1 aliphatic heterocycles. The second-order valence-electron chi connectivity index (χ2n) is 4.55. The van der Waals surface area contributed by atoms with Gasteiger partial charge in [0.1, 0.15) is 6.61 Å². The quantitative estimate of drug-likeness (QED) is 0.551. The number of fused-ring (bicyclic) bond motifs is 2. The van der Waals surface area contributed by atoms with Crippen LogP contribution in [0.4, 0.5) is 0 Å². The second kappa shape index (κ2) is 2.56. The summed E-state index contributed by atoms with van der Waals surface area (Å²) in [6, 6.07) is 0. The Labute approximate surface area is 73.3 Å². The smallest absolute Gasteiger partial charge is 0.164 e. The van der Waals surface area contributed by atoms with E-state index in [4.69, 9.17) is 4.74 Å². The molecule has 1 unspecified atom stereocenters. The van der Waals surface area contributed by atoms with E-state index >= 15 is 0 Å². The average molecular weight is 168 g/mol. The largest absolute Gasteiger partial charge is 0.370 e. The molecule has 0 amide bonds. The lowest BCUT2D eigenvalue weighted by Crippen LogP contribution is -2.47. The van der Waals surface area contributed by atoms with E-state index < -0.39 is 0 Å². The van der Waals surface area contributed by atoms with Crippen molar-refractivity contribution in [2.45, 2.75) is 39.2 Å². The Bertz CT molecular complexity index is 212. The van der Waals surface area contributed by atoms with Gasteiger partial charge in [0.2, 0.25) is 0 Å². The van der Waals surface area contributed by atoms with Crippen molar-refractivity contribution in [3.63, 3.8) is 0 Å². The summed E-state index contributed by atoms with van der Waals surface area (Å²) in [6.45, 7) is 4.67. The molecule has 3 atom stereocenters.